The molecule has 1 aliphatic rings. The molecule has 1 saturated heterocycles. The molecule has 2 rings (SSSR count). The highest BCUT2D eigenvalue weighted by molar-refractivity contribution is 7.12. The molecule has 2 N–H and O–H groups in total. The van der Waals surface area contributed by atoms with Gasteiger partial charge in [-0.05, 0) is 26.3 Å². The van der Waals surface area contributed by atoms with Crippen LogP contribution in [0, 0.1) is 6.92 Å². The van der Waals surface area contributed by atoms with Crippen LogP contribution in [0.2, 0.25) is 0 Å². The van der Waals surface area contributed by atoms with Crippen LogP contribution in [0.15, 0.2) is 0 Å². The second kappa shape index (κ2) is 4.28. The number of thiazole rings is 1. The van der Waals surface area contributed by atoms with E-state index in [9.17, 15) is 4.79 Å². The van der Waals surface area contributed by atoms with Gasteiger partial charge in [0.05, 0.1) is 6.04 Å². The maximum atomic E-state index is 11.5. The van der Waals surface area contributed by atoms with E-state index in [2.05, 4.69) is 15.6 Å². The summed E-state index contributed by atoms with van der Waals surface area (Å²) in [6, 6.07) is 0.354. The molecule has 4 nitrogen and oxygen atoms in total. The minimum atomic E-state index is -0.0898. The topological polar surface area (TPSA) is 54.0 Å². The Bertz CT molecular complexity index is 369. The summed E-state index contributed by atoms with van der Waals surface area (Å²) in [7, 11) is 1.63. The van der Waals surface area contributed by atoms with Crippen LogP contribution in [0.4, 0.5) is 0 Å². The Labute approximate surface area is 93.1 Å². The summed E-state index contributed by atoms with van der Waals surface area (Å²) in [5, 5.41) is 7.04. The van der Waals surface area contributed by atoms with Gasteiger partial charge >= 0.3 is 0 Å². The van der Waals surface area contributed by atoms with E-state index in [0.29, 0.717) is 11.7 Å². The highest BCUT2D eigenvalue weighted by Crippen LogP contribution is 2.28. The van der Waals surface area contributed by atoms with Gasteiger partial charge in [0.1, 0.15) is 10.7 Å². The molecular formula is C10H15N3OS. The van der Waals surface area contributed by atoms with E-state index in [4.69, 9.17) is 0 Å². The Hall–Kier alpha value is -0.940. The average molecular weight is 225 g/mol. The molecule has 1 aromatic rings. The van der Waals surface area contributed by atoms with Crippen LogP contribution < -0.4 is 10.6 Å². The first-order valence-corrected chi connectivity index (χ1v) is 5.97. The molecule has 15 heavy (non-hydrogen) atoms. The van der Waals surface area contributed by atoms with Crippen molar-refractivity contribution >= 4 is 17.2 Å². The summed E-state index contributed by atoms with van der Waals surface area (Å²) >= 11 is 1.62. The number of amides is 1. The van der Waals surface area contributed by atoms with E-state index in [1.54, 1.807) is 18.4 Å². The van der Waals surface area contributed by atoms with Crippen LogP contribution in [0.3, 0.4) is 0 Å². The molecule has 82 valence electrons. The van der Waals surface area contributed by atoms with Crippen LogP contribution in [0.25, 0.3) is 0 Å². The fraction of sp³-hybridized carbons (Fsp3) is 0.600. The molecule has 1 atom stereocenters. The number of nitrogens with one attached hydrogen (secondary N) is 2. The van der Waals surface area contributed by atoms with Crippen molar-refractivity contribution in [3.8, 4) is 0 Å². The summed E-state index contributed by atoms with van der Waals surface area (Å²) in [6.07, 6.45) is 2.32. The molecule has 1 amide bonds. The van der Waals surface area contributed by atoms with Crippen molar-refractivity contribution in [1.82, 2.24) is 15.6 Å². The van der Waals surface area contributed by atoms with E-state index in [1.807, 2.05) is 6.92 Å². The molecule has 5 heteroatoms. The molecule has 0 radical (unpaired) electrons. The summed E-state index contributed by atoms with van der Waals surface area (Å²) in [5.74, 6) is -0.0898. The van der Waals surface area contributed by atoms with Gasteiger partial charge < -0.3 is 10.6 Å². The van der Waals surface area contributed by atoms with Crippen LogP contribution in [0.5, 0.6) is 0 Å². The van der Waals surface area contributed by atoms with Gasteiger partial charge in [0.15, 0.2) is 0 Å². The van der Waals surface area contributed by atoms with Gasteiger partial charge in [-0.15, -0.1) is 11.3 Å². The predicted molar refractivity (Wildman–Crippen MR) is 60.2 cm³/mol. The molecule has 0 aromatic carbocycles. The molecule has 2 heterocycles. The lowest BCUT2D eigenvalue weighted by atomic mass is 10.2. The summed E-state index contributed by atoms with van der Waals surface area (Å²) < 4.78 is 0. The number of hydrogen-bond donors (Lipinski definition) is 2. The van der Waals surface area contributed by atoms with E-state index in [-0.39, 0.29) is 5.91 Å². The minimum Gasteiger partial charge on any atom is -0.354 e. The largest absolute Gasteiger partial charge is 0.354 e. The summed E-state index contributed by atoms with van der Waals surface area (Å²) in [4.78, 5) is 16.9. The lowest BCUT2D eigenvalue weighted by Crippen LogP contribution is -2.19. The van der Waals surface area contributed by atoms with E-state index in [1.165, 1.54) is 6.42 Å². The number of carbonyl (C=O) groups is 1. The lowest BCUT2D eigenvalue weighted by Gasteiger charge is -2.04. The molecule has 0 bridgehead atoms. The van der Waals surface area contributed by atoms with Crippen LogP contribution >= 0.6 is 11.3 Å². The molecular weight excluding hydrogens is 210 g/mol. The first kappa shape index (κ1) is 10.6. The molecule has 0 saturated carbocycles. The molecule has 1 fully saturated rings. The van der Waals surface area contributed by atoms with Crippen molar-refractivity contribution in [2.45, 2.75) is 25.8 Å². The zero-order valence-corrected chi connectivity index (χ0v) is 9.78. The highest BCUT2D eigenvalue weighted by atomic mass is 32.1. The first-order valence-electron chi connectivity index (χ1n) is 5.15. The number of rotatable bonds is 2. The normalized spacial score (nSPS) is 20.5. The Balaban J connectivity index is 2.23. The highest BCUT2D eigenvalue weighted by Gasteiger charge is 2.22. The smallest absolute Gasteiger partial charge is 0.270 e. The average Bonchev–Trinajstić information content (AvgIpc) is 2.84. The van der Waals surface area contributed by atoms with Crippen molar-refractivity contribution in [2.75, 3.05) is 13.6 Å². The Kier molecular flexibility index (Phi) is 3.02. The number of aryl methyl sites for hydroxylation is 1. The third-order valence-electron chi connectivity index (χ3n) is 2.61. The van der Waals surface area contributed by atoms with Crippen molar-refractivity contribution < 1.29 is 4.79 Å². The van der Waals surface area contributed by atoms with E-state index < -0.39 is 0 Å². The molecule has 1 unspecified atom stereocenters. The minimum absolute atomic E-state index is 0.0898. The van der Waals surface area contributed by atoms with Crippen LogP contribution in [0.1, 0.15) is 39.3 Å². The third-order valence-corrected chi connectivity index (χ3v) is 3.70. The fourth-order valence-corrected chi connectivity index (χ4v) is 2.82. The van der Waals surface area contributed by atoms with Gasteiger partial charge in [-0.25, -0.2) is 4.98 Å². The number of hydrogen-bond acceptors (Lipinski definition) is 4. The maximum Gasteiger partial charge on any atom is 0.270 e. The van der Waals surface area contributed by atoms with Gasteiger partial charge in [0.2, 0.25) is 0 Å². The second-order valence-electron chi connectivity index (χ2n) is 3.68. The van der Waals surface area contributed by atoms with Crippen LogP contribution in [-0.4, -0.2) is 24.5 Å². The Morgan fingerprint density at radius 2 is 2.47 bits per heavy atom. The van der Waals surface area contributed by atoms with Crippen LogP contribution in [-0.2, 0) is 0 Å². The van der Waals surface area contributed by atoms with Crippen molar-refractivity contribution in [1.29, 1.82) is 0 Å². The standard InChI is InChI=1S/C10H15N3OS/c1-6-8(9(14)11-2)13-10(15-6)7-4-3-5-12-7/h7,12H,3-5H2,1-2H3,(H,11,14). The second-order valence-corrected chi connectivity index (χ2v) is 4.92. The summed E-state index contributed by atoms with van der Waals surface area (Å²) in [5.41, 5.74) is 0.575. The zero-order valence-electron chi connectivity index (χ0n) is 8.96. The quantitative estimate of drug-likeness (QED) is 0.796. The SMILES string of the molecule is CNC(=O)c1nc(C2CCCN2)sc1C. The molecule has 1 aromatic heterocycles. The Morgan fingerprint density at radius 1 is 1.67 bits per heavy atom. The monoisotopic (exact) mass is 225 g/mol. The van der Waals surface area contributed by atoms with Gasteiger partial charge in [-0.1, -0.05) is 0 Å². The molecule has 0 aliphatic carbocycles. The maximum absolute atomic E-state index is 11.5. The Morgan fingerprint density at radius 3 is 3.07 bits per heavy atom. The zero-order chi connectivity index (χ0) is 10.8. The van der Waals surface area contributed by atoms with Gasteiger partial charge in [0, 0.05) is 11.9 Å². The third kappa shape index (κ3) is 2.03. The number of aromatic nitrogens is 1. The van der Waals surface area contributed by atoms with Gasteiger partial charge in [-0.3, -0.25) is 4.79 Å². The van der Waals surface area contributed by atoms with E-state index >= 15 is 0 Å². The van der Waals surface area contributed by atoms with Crippen molar-refractivity contribution in [2.24, 2.45) is 0 Å². The lowest BCUT2D eigenvalue weighted by molar-refractivity contribution is 0.0958. The van der Waals surface area contributed by atoms with Crippen molar-refractivity contribution in [3.63, 3.8) is 0 Å². The number of carbonyl (C=O) groups excluding carboxylic acids is 1. The number of nitrogens with zero attached hydrogens (tertiary/aromatic N) is 1. The fourth-order valence-electron chi connectivity index (χ4n) is 1.79. The molecule has 0 spiro atoms. The van der Waals surface area contributed by atoms with Gasteiger partial charge in [0.25, 0.3) is 5.91 Å². The van der Waals surface area contributed by atoms with Crippen molar-refractivity contribution in [3.05, 3.63) is 15.6 Å². The molecule has 1 aliphatic heterocycles. The van der Waals surface area contributed by atoms with Gasteiger partial charge in [-0.2, -0.15) is 0 Å². The predicted octanol–water partition coefficient (Wildman–Crippen LogP) is 1.24. The van der Waals surface area contributed by atoms with E-state index in [0.717, 1.165) is 22.9 Å². The first-order chi connectivity index (χ1) is 7.22. The summed E-state index contributed by atoms with van der Waals surface area (Å²) in [6.45, 7) is 3.00.